The number of ether oxygens (including phenoxy) is 2. The molecule has 0 aliphatic heterocycles. The number of hydrogen-bond acceptors (Lipinski definition) is 6. The van der Waals surface area contributed by atoms with Crippen molar-refractivity contribution in [3.05, 3.63) is 10.1 Å². The van der Waals surface area contributed by atoms with Crippen LogP contribution in [0.2, 0.25) is 0 Å². The number of carbonyl (C=O) groups is 2. The van der Waals surface area contributed by atoms with E-state index in [-0.39, 0.29) is 29.6 Å². The highest BCUT2D eigenvalue weighted by atomic mass is 16.6. The predicted molar refractivity (Wildman–Crippen MR) is 92.5 cm³/mol. The summed E-state index contributed by atoms with van der Waals surface area (Å²) in [6, 6.07) is 0. The molecule has 7 nitrogen and oxygen atoms in total. The number of carbonyl (C=O) groups excluding carboxylic acids is 2. The summed E-state index contributed by atoms with van der Waals surface area (Å²) >= 11 is 0. The zero-order chi connectivity index (χ0) is 19.4. The van der Waals surface area contributed by atoms with Crippen LogP contribution in [0.1, 0.15) is 67.2 Å². The van der Waals surface area contributed by atoms with E-state index in [2.05, 4.69) is 13.8 Å². The fourth-order valence-corrected chi connectivity index (χ4v) is 3.87. The molecule has 0 heterocycles. The first-order valence-electron chi connectivity index (χ1n) is 8.78. The van der Waals surface area contributed by atoms with Gasteiger partial charge in [0.05, 0.1) is 0 Å². The first-order valence-corrected chi connectivity index (χ1v) is 8.78. The van der Waals surface area contributed by atoms with Crippen molar-refractivity contribution in [2.24, 2.45) is 17.3 Å². The van der Waals surface area contributed by atoms with E-state index < -0.39 is 29.1 Å². The van der Waals surface area contributed by atoms with Crippen molar-refractivity contribution in [1.29, 1.82) is 0 Å². The van der Waals surface area contributed by atoms with Crippen molar-refractivity contribution in [1.82, 2.24) is 0 Å². The Labute approximate surface area is 149 Å². The lowest BCUT2D eigenvalue weighted by Crippen LogP contribution is -2.41. The smallest absolute Gasteiger partial charge is 0.306 e. The molecule has 144 valence electrons. The molecular weight excluding hydrogens is 326 g/mol. The molecule has 25 heavy (non-hydrogen) atoms. The lowest BCUT2D eigenvalue weighted by atomic mass is 9.65. The zero-order valence-electron chi connectivity index (χ0n) is 16.2. The van der Waals surface area contributed by atoms with Crippen LogP contribution in [0.3, 0.4) is 0 Å². The van der Waals surface area contributed by atoms with Crippen LogP contribution >= 0.6 is 0 Å². The van der Waals surface area contributed by atoms with Gasteiger partial charge in [-0.2, -0.15) is 0 Å². The highest BCUT2D eigenvalue weighted by Gasteiger charge is 2.41. The van der Waals surface area contributed by atoms with Gasteiger partial charge in [-0.05, 0) is 51.4 Å². The summed E-state index contributed by atoms with van der Waals surface area (Å²) in [6.07, 6.45) is 1.71. The van der Waals surface area contributed by atoms with Crippen molar-refractivity contribution in [3.8, 4) is 0 Å². The molecule has 1 rings (SSSR count). The molecule has 0 N–H and O–H groups in total. The fraction of sp³-hybridized carbons (Fsp3) is 0.889. The van der Waals surface area contributed by atoms with Crippen molar-refractivity contribution in [2.45, 2.75) is 78.9 Å². The lowest BCUT2D eigenvalue weighted by Gasteiger charge is -2.41. The van der Waals surface area contributed by atoms with E-state index in [9.17, 15) is 19.7 Å². The highest BCUT2D eigenvalue weighted by Crippen LogP contribution is 2.45. The maximum Gasteiger partial charge on any atom is 0.306 e. The Kier molecular flexibility index (Phi) is 6.97. The molecule has 0 aromatic carbocycles. The second-order valence-electron chi connectivity index (χ2n) is 8.89. The van der Waals surface area contributed by atoms with Crippen LogP contribution in [0.25, 0.3) is 0 Å². The van der Waals surface area contributed by atoms with E-state index in [1.165, 1.54) is 6.92 Å². The SMILES string of the molecule is CC(=O)O[C@H](C[N+](=O)[O-])[C@@H]1C[C@H](CC(=O)OC(C)(C)C)CC(C)(C)C1. The average molecular weight is 357 g/mol. The number of rotatable bonds is 6. The lowest BCUT2D eigenvalue weighted by molar-refractivity contribution is -0.492. The molecule has 1 saturated carbocycles. The van der Waals surface area contributed by atoms with Crippen LogP contribution in [-0.2, 0) is 19.1 Å². The minimum atomic E-state index is -0.756. The quantitative estimate of drug-likeness (QED) is 0.411. The number of esters is 2. The maximum absolute atomic E-state index is 12.2. The minimum Gasteiger partial charge on any atom is -0.460 e. The fourth-order valence-electron chi connectivity index (χ4n) is 3.87. The predicted octanol–water partition coefficient (Wildman–Crippen LogP) is 3.37. The standard InChI is InChI=1S/C18H31NO6/c1-12(20)24-15(11-19(22)23)14-7-13(9-18(5,6)10-14)8-16(21)25-17(2,3)4/h13-15H,7-11H2,1-6H3/t13-,14-,15-/m1/s1. The summed E-state index contributed by atoms with van der Waals surface area (Å²) in [6.45, 7) is 10.5. The van der Waals surface area contributed by atoms with Gasteiger partial charge >= 0.3 is 11.9 Å². The summed E-state index contributed by atoms with van der Waals surface area (Å²) < 4.78 is 10.6. The van der Waals surface area contributed by atoms with Gasteiger partial charge in [-0.1, -0.05) is 13.8 Å². The average Bonchev–Trinajstić information content (AvgIpc) is 2.31. The molecule has 0 unspecified atom stereocenters. The van der Waals surface area contributed by atoms with Gasteiger partial charge in [0.15, 0.2) is 6.10 Å². The van der Waals surface area contributed by atoms with Gasteiger partial charge in [-0.3, -0.25) is 19.7 Å². The number of hydrogen-bond donors (Lipinski definition) is 0. The molecular formula is C18H31NO6. The molecule has 0 saturated heterocycles. The van der Waals surface area contributed by atoms with Crippen LogP contribution in [-0.4, -0.2) is 35.1 Å². The molecule has 1 aliphatic rings. The van der Waals surface area contributed by atoms with Crippen LogP contribution < -0.4 is 0 Å². The first-order chi connectivity index (χ1) is 11.3. The van der Waals surface area contributed by atoms with E-state index in [0.717, 1.165) is 12.8 Å². The molecule has 3 atom stereocenters. The minimum absolute atomic E-state index is 0.0633. The Balaban J connectivity index is 2.84. The largest absolute Gasteiger partial charge is 0.460 e. The molecule has 0 radical (unpaired) electrons. The topological polar surface area (TPSA) is 95.7 Å². The van der Waals surface area contributed by atoms with Gasteiger partial charge in [-0.25, -0.2) is 0 Å². The second-order valence-corrected chi connectivity index (χ2v) is 8.89. The number of nitrogens with zero attached hydrogens (tertiary/aromatic N) is 1. The normalized spacial score (nSPS) is 24.2. The van der Waals surface area contributed by atoms with Crippen LogP contribution in [0.15, 0.2) is 0 Å². The third-order valence-corrected chi connectivity index (χ3v) is 4.34. The Morgan fingerprint density at radius 2 is 1.88 bits per heavy atom. The van der Waals surface area contributed by atoms with Crippen molar-refractivity contribution < 1.29 is 24.0 Å². The third kappa shape index (κ3) is 8.31. The van der Waals surface area contributed by atoms with Crippen molar-refractivity contribution >= 4 is 11.9 Å². The Hall–Kier alpha value is -1.66. The molecule has 1 aliphatic carbocycles. The number of nitro groups is 1. The Morgan fingerprint density at radius 3 is 2.36 bits per heavy atom. The molecule has 0 amide bonds. The summed E-state index contributed by atoms with van der Waals surface area (Å²) in [4.78, 5) is 34.0. The Morgan fingerprint density at radius 1 is 1.28 bits per heavy atom. The molecule has 0 bridgehead atoms. The van der Waals surface area contributed by atoms with E-state index in [4.69, 9.17) is 9.47 Å². The third-order valence-electron chi connectivity index (χ3n) is 4.34. The van der Waals surface area contributed by atoms with E-state index in [1.54, 1.807) is 0 Å². The maximum atomic E-state index is 12.2. The van der Waals surface area contributed by atoms with Gasteiger partial charge in [0.1, 0.15) is 5.60 Å². The summed E-state index contributed by atoms with van der Waals surface area (Å²) in [5.74, 6) is -0.843. The molecule has 1 fully saturated rings. The first kappa shape index (κ1) is 21.4. The molecule has 7 heteroatoms. The van der Waals surface area contributed by atoms with Gasteiger partial charge in [-0.15, -0.1) is 0 Å². The summed E-state index contributed by atoms with van der Waals surface area (Å²) in [5, 5.41) is 11.0. The van der Waals surface area contributed by atoms with Gasteiger partial charge in [0.25, 0.3) is 0 Å². The van der Waals surface area contributed by atoms with E-state index >= 15 is 0 Å². The zero-order valence-corrected chi connectivity index (χ0v) is 16.2. The van der Waals surface area contributed by atoms with Crippen molar-refractivity contribution in [3.63, 3.8) is 0 Å². The van der Waals surface area contributed by atoms with Crippen LogP contribution in [0.4, 0.5) is 0 Å². The highest BCUT2D eigenvalue weighted by molar-refractivity contribution is 5.70. The second kappa shape index (κ2) is 8.15. The Bertz CT molecular complexity index is 492. The summed E-state index contributed by atoms with van der Waals surface area (Å²) in [7, 11) is 0. The van der Waals surface area contributed by atoms with Crippen molar-refractivity contribution in [2.75, 3.05) is 6.54 Å². The monoisotopic (exact) mass is 357 g/mol. The van der Waals surface area contributed by atoms with Gasteiger partial charge in [0, 0.05) is 24.2 Å². The summed E-state index contributed by atoms with van der Waals surface area (Å²) in [5.41, 5.74) is -0.614. The van der Waals surface area contributed by atoms with Gasteiger partial charge < -0.3 is 9.47 Å². The van der Waals surface area contributed by atoms with Crippen LogP contribution in [0.5, 0.6) is 0 Å². The van der Waals surface area contributed by atoms with E-state index in [0.29, 0.717) is 6.42 Å². The molecule has 0 aromatic rings. The molecule has 0 spiro atoms. The van der Waals surface area contributed by atoms with E-state index in [1.807, 2.05) is 20.8 Å². The van der Waals surface area contributed by atoms with Crippen LogP contribution in [0, 0.1) is 27.4 Å². The molecule has 0 aromatic heterocycles. The van der Waals surface area contributed by atoms with Gasteiger partial charge in [0.2, 0.25) is 6.54 Å².